The van der Waals surface area contributed by atoms with E-state index in [1.54, 1.807) is 0 Å². The molecule has 17 heavy (non-hydrogen) atoms. The Balaban J connectivity index is 3.40. The van der Waals surface area contributed by atoms with Crippen molar-refractivity contribution in [2.75, 3.05) is 12.5 Å². The highest BCUT2D eigenvalue weighted by Gasteiger charge is 2.21. The minimum absolute atomic E-state index is 0.508. The lowest BCUT2D eigenvalue weighted by Gasteiger charge is -1.99. The summed E-state index contributed by atoms with van der Waals surface area (Å²) in [5.41, 5.74) is -1.07. The molecule has 0 saturated heterocycles. The molecule has 0 fully saturated rings. The fraction of sp³-hybridized carbons (Fsp3) is 0.222. The van der Waals surface area contributed by atoms with Crippen molar-refractivity contribution in [1.29, 1.82) is 0 Å². The van der Waals surface area contributed by atoms with Gasteiger partial charge in [-0.1, -0.05) is 0 Å². The maximum Gasteiger partial charge on any atom is 0.292 e. The van der Waals surface area contributed by atoms with Crippen LogP contribution in [0.1, 0.15) is 10.4 Å². The van der Waals surface area contributed by atoms with Gasteiger partial charge in [0.25, 0.3) is 11.6 Å². The molecule has 92 valence electrons. The normalized spacial score (nSPS) is 11.0. The van der Waals surface area contributed by atoms with Gasteiger partial charge in [0.1, 0.15) is 11.4 Å². The number of nitrogens with zero attached hydrogens (tertiary/aromatic N) is 2. The van der Waals surface area contributed by atoms with Crippen molar-refractivity contribution in [1.82, 2.24) is 0 Å². The van der Waals surface area contributed by atoms with Crippen LogP contribution in [0.25, 0.3) is 0 Å². The van der Waals surface area contributed by atoms with Gasteiger partial charge in [-0.2, -0.15) is 4.36 Å². The molecule has 1 aromatic carbocycles. The molecule has 1 amide bonds. The first-order valence-corrected chi connectivity index (χ1v) is 6.69. The number of hydrogen-bond acceptors (Lipinski definition) is 4. The first-order chi connectivity index (χ1) is 7.70. The van der Waals surface area contributed by atoms with Gasteiger partial charge in [-0.25, -0.2) is 8.60 Å². The number of amides is 1. The van der Waals surface area contributed by atoms with Crippen molar-refractivity contribution in [2.45, 2.75) is 0 Å². The number of carbonyl (C=O) groups excluding carboxylic acids is 1. The van der Waals surface area contributed by atoms with Crippen LogP contribution in [0.2, 0.25) is 0 Å². The van der Waals surface area contributed by atoms with Gasteiger partial charge in [-0.3, -0.25) is 14.9 Å². The van der Waals surface area contributed by atoms with Crippen LogP contribution in [0.4, 0.5) is 10.1 Å². The third-order valence-electron chi connectivity index (χ3n) is 1.69. The number of nitro benzene ring substituents is 1. The first kappa shape index (κ1) is 13.2. The van der Waals surface area contributed by atoms with E-state index >= 15 is 0 Å². The summed E-state index contributed by atoms with van der Waals surface area (Å²) in [5, 5.41) is 10.6. The topological polar surface area (TPSA) is 89.6 Å². The zero-order valence-electron chi connectivity index (χ0n) is 9.05. The molecule has 0 atom stereocenters. The van der Waals surface area contributed by atoms with Gasteiger partial charge in [0.2, 0.25) is 0 Å². The maximum atomic E-state index is 12.9. The summed E-state index contributed by atoms with van der Waals surface area (Å²) in [7, 11) is -2.75. The second-order valence-electron chi connectivity index (χ2n) is 3.50. The molecule has 0 spiro atoms. The molecule has 6 nitrogen and oxygen atoms in total. The van der Waals surface area contributed by atoms with Gasteiger partial charge in [0.05, 0.1) is 4.92 Å². The molecular formula is C9H9FN2O4S. The summed E-state index contributed by atoms with van der Waals surface area (Å²) in [4.78, 5) is 21.3. The second-order valence-corrected chi connectivity index (χ2v) is 6.04. The number of hydrogen-bond donors (Lipinski definition) is 0. The van der Waals surface area contributed by atoms with E-state index < -0.39 is 37.6 Å². The van der Waals surface area contributed by atoms with Crippen LogP contribution < -0.4 is 0 Å². The minimum atomic E-state index is -2.75. The van der Waals surface area contributed by atoms with Gasteiger partial charge in [-0.15, -0.1) is 0 Å². The summed E-state index contributed by atoms with van der Waals surface area (Å²) in [5.74, 6) is -1.86. The lowest BCUT2D eigenvalue weighted by molar-refractivity contribution is -0.385. The van der Waals surface area contributed by atoms with Crippen molar-refractivity contribution in [3.8, 4) is 0 Å². The van der Waals surface area contributed by atoms with Crippen LogP contribution in [-0.4, -0.2) is 27.6 Å². The largest absolute Gasteiger partial charge is 0.292 e. The monoisotopic (exact) mass is 260 g/mol. The van der Waals surface area contributed by atoms with Gasteiger partial charge >= 0.3 is 0 Å². The lowest BCUT2D eigenvalue weighted by Crippen LogP contribution is -2.05. The third-order valence-corrected chi connectivity index (χ3v) is 2.29. The molecule has 0 bridgehead atoms. The molecule has 0 aliphatic rings. The van der Waals surface area contributed by atoms with Crippen LogP contribution >= 0.6 is 0 Å². The fourth-order valence-electron chi connectivity index (χ4n) is 1.09. The van der Waals surface area contributed by atoms with E-state index in [9.17, 15) is 23.5 Å². The zero-order valence-corrected chi connectivity index (χ0v) is 9.86. The number of nitro groups is 1. The van der Waals surface area contributed by atoms with Crippen LogP contribution in [0.5, 0.6) is 0 Å². The van der Waals surface area contributed by atoms with Crippen LogP contribution in [0.15, 0.2) is 22.6 Å². The van der Waals surface area contributed by atoms with Crippen molar-refractivity contribution in [3.63, 3.8) is 0 Å². The highest BCUT2D eigenvalue weighted by Crippen LogP contribution is 2.20. The Morgan fingerprint density at radius 2 is 2.06 bits per heavy atom. The average molecular weight is 260 g/mol. The average Bonchev–Trinajstić information content (AvgIpc) is 2.14. The SMILES string of the molecule is CS(C)(=O)=NC(=O)c1cc(F)ccc1[N+](=O)[O-]. The Labute approximate surface area is 96.8 Å². The van der Waals surface area contributed by atoms with E-state index in [1.807, 2.05) is 0 Å². The minimum Gasteiger partial charge on any atom is -0.266 e. The van der Waals surface area contributed by atoms with E-state index in [2.05, 4.69) is 4.36 Å². The summed E-state index contributed by atoms with van der Waals surface area (Å²) in [6, 6.07) is 2.43. The van der Waals surface area contributed by atoms with Crippen molar-refractivity contribution in [3.05, 3.63) is 39.7 Å². The third kappa shape index (κ3) is 3.59. The molecule has 0 aromatic heterocycles. The van der Waals surface area contributed by atoms with Crippen LogP contribution in [0, 0.1) is 15.9 Å². The molecule has 0 aliphatic carbocycles. The molecule has 0 saturated carbocycles. The highest BCUT2D eigenvalue weighted by atomic mass is 32.2. The molecule has 0 unspecified atom stereocenters. The van der Waals surface area contributed by atoms with Gasteiger partial charge in [0, 0.05) is 28.3 Å². The van der Waals surface area contributed by atoms with Crippen LogP contribution in [-0.2, 0) is 9.73 Å². The standard InChI is InChI=1S/C9H9FN2O4S/c1-17(2,16)11-9(13)7-5-6(10)3-4-8(7)12(14)15/h3-5H,1-2H3. The Kier molecular flexibility index (Phi) is 3.56. The van der Waals surface area contributed by atoms with Gasteiger partial charge < -0.3 is 0 Å². The van der Waals surface area contributed by atoms with Crippen molar-refractivity contribution < 1.29 is 18.3 Å². The zero-order chi connectivity index (χ0) is 13.2. The quantitative estimate of drug-likeness (QED) is 0.596. The summed E-state index contributed by atoms with van der Waals surface area (Å²) < 4.78 is 27.5. The molecule has 0 heterocycles. The number of carbonyl (C=O) groups is 1. The van der Waals surface area contributed by atoms with Crippen LogP contribution in [0.3, 0.4) is 0 Å². The number of halogens is 1. The molecule has 1 aromatic rings. The first-order valence-electron chi connectivity index (χ1n) is 4.36. The summed E-state index contributed by atoms with van der Waals surface area (Å²) >= 11 is 0. The van der Waals surface area contributed by atoms with Gasteiger partial charge in [-0.05, 0) is 12.1 Å². The Morgan fingerprint density at radius 1 is 1.47 bits per heavy atom. The van der Waals surface area contributed by atoms with E-state index in [-0.39, 0.29) is 0 Å². The highest BCUT2D eigenvalue weighted by molar-refractivity contribution is 7.92. The molecule has 0 aliphatic heterocycles. The van der Waals surface area contributed by atoms with Gasteiger partial charge in [0.15, 0.2) is 0 Å². The van der Waals surface area contributed by atoms with E-state index in [1.165, 1.54) is 12.5 Å². The van der Waals surface area contributed by atoms with E-state index in [4.69, 9.17) is 0 Å². The molecule has 1 rings (SSSR count). The number of benzene rings is 1. The predicted molar refractivity (Wildman–Crippen MR) is 59.8 cm³/mol. The molecule has 0 N–H and O–H groups in total. The van der Waals surface area contributed by atoms with Crippen molar-refractivity contribution >= 4 is 21.3 Å². The second kappa shape index (κ2) is 4.58. The summed E-state index contributed by atoms with van der Waals surface area (Å²) in [6.07, 6.45) is 2.41. The Morgan fingerprint density at radius 3 is 2.53 bits per heavy atom. The Bertz CT molecular complexity index is 597. The summed E-state index contributed by atoms with van der Waals surface area (Å²) in [6.45, 7) is 0. The lowest BCUT2D eigenvalue weighted by atomic mass is 10.1. The van der Waals surface area contributed by atoms with Crippen molar-refractivity contribution in [2.24, 2.45) is 4.36 Å². The fourth-order valence-corrected chi connectivity index (χ4v) is 1.59. The molecule has 0 radical (unpaired) electrons. The van der Waals surface area contributed by atoms with E-state index in [0.29, 0.717) is 6.07 Å². The molecule has 8 heteroatoms. The van der Waals surface area contributed by atoms with E-state index in [0.717, 1.165) is 12.1 Å². The Hall–Kier alpha value is -1.83. The maximum absolute atomic E-state index is 12.9. The number of rotatable bonds is 2. The molecular weight excluding hydrogens is 251 g/mol. The predicted octanol–water partition coefficient (Wildman–Crippen LogP) is 1.60. The smallest absolute Gasteiger partial charge is 0.266 e.